The van der Waals surface area contributed by atoms with E-state index in [1.807, 2.05) is 12.1 Å². The molecule has 3 nitrogen and oxygen atoms in total. The normalized spacial score (nSPS) is 16.8. The van der Waals surface area contributed by atoms with Gasteiger partial charge < -0.3 is 10.6 Å². The SMILES string of the molecule is CC(=O)Nc1ccc2c(c1)CC(NC/C=C/c1ccccc1)CC2. The predicted molar refractivity (Wildman–Crippen MR) is 100 cm³/mol. The lowest BCUT2D eigenvalue weighted by atomic mass is 9.88. The molecule has 1 aliphatic carbocycles. The van der Waals surface area contributed by atoms with Gasteiger partial charge in [-0.05, 0) is 48.1 Å². The Balaban J connectivity index is 1.54. The fourth-order valence-electron chi connectivity index (χ4n) is 3.21. The zero-order valence-electron chi connectivity index (χ0n) is 14.1. The molecule has 0 heterocycles. The molecule has 0 aromatic heterocycles. The summed E-state index contributed by atoms with van der Waals surface area (Å²) in [5.74, 6) is -0.0218. The second kappa shape index (κ2) is 7.93. The van der Waals surface area contributed by atoms with Crippen LogP contribution < -0.4 is 10.6 Å². The fourth-order valence-corrected chi connectivity index (χ4v) is 3.21. The second-order valence-electron chi connectivity index (χ2n) is 6.33. The third-order valence-electron chi connectivity index (χ3n) is 4.39. The molecule has 124 valence electrons. The molecule has 0 fully saturated rings. The summed E-state index contributed by atoms with van der Waals surface area (Å²) in [5.41, 5.74) is 4.87. The van der Waals surface area contributed by atoms with E-state index in [1.165, 1.54) is 16.7 Å². The molecule has 1 aliphatic rings. The van der Waals surface area contributed by atoms with Crippen LogP contribution in [-0.4, -0.2) is 18.5 Å². The van der Waals surface area contributed by atoms with Gasteiger partial charge in [0, 0.05) is 25.2 Å². The summed E-state index contributed by atoms with van der Waals surface area (Å²) in [7, 11) is 0. The van der Waals surface area contributed by atoms with Gasteiger partial charge in [0.05, 0.1) is 0 Å². The lowest BCUT2D eigenvalue weighted by Crippen LogP contribution is -2.34. The van der Waals surface area contributed by atoms with E-state index in [2.05, 4.69) is 59.2 Å². The standard InChI is InChI=1S/C21H24N2O/c1-16(24)23-21-12-10-18-9-11-20(14-19(18)15-21)22-13-5-8-17-6-3-2-4-7-17/h2-8,10,12,15,20,22H,9,11,13-14H2,1H3,(H,23,24)/b8-5+. The van der Waals surface area contributed by atoms with Crippen molar-refractivity contribution >= 4 is 17.7 Å². The lowest BCUT2D eigenvalue weighted by Gasteiger charge is -2.25. The molecule has 1 atom stereocenters. The van der Waals surface area contributed by atoms with E-state index in [9.17, 15) is 4.79 Å². The fraction of sp³-hybridized carbons (Fsp3) is 0.286. The van der Waals surface area contributed by atoms with Gasteiger partial charge in [-0.1, -0.05) is 48.6 Å². The number of benzene rings is 2. The van der Waals surface area contributed by atoms with Crippen molar-refractivity contribution in [3.05, 3.63) is 71.3 Å². The largest absolute Gasteiger partial charge is 0.326 e. The lowest BCUT2D eigenvalue weighted by molar-refractivity contribution is -0.114. The highest BCUT2D eigenvalue weighted by molar-refractivity contribution is 5.88. The van der Waals surface area contributed by atoms with Gasteiger partial charge in [-0.3, -0.25) is 4.79 Å². The molecule has 1 unspecified atom stereocenters. The molecule has 0 saturated carbocycles. The Morgan fingerprint density at radius 1 is 1.17 bits per heavy atom. The van der Waals surface area contributed by atoms with Crippen molar-refractivity contribution in [2.24, 2.45) is 0 Å². The van der Waals surface area contributed by atoms with Crippen LogP contribution in [0.5, 0.6) is 0 Å². The first-order valence-electron chi connectivity index (χ1n) is 8.55. The van der Waals surface area contributed by atoms with E-state index in [0.29, 0.717) is 6.04 Å². The van der Waals surface area contributed by atoms with Crippen molar-refractivity contribution in [1.82, 2.24) is 5.32 Å². The second-order valence-corrected chi connectivity index (χ2v) is 6.33. The van der Waals surface area contributed by atoms with E-state index >= 15 is 0 Å². The maximum absolute atomic E-state index is 11.2. The van der Waals surface area contributed by atoms with Crippen LogP contribution >= 0.6 is 0 Å². The van der Waals surface area contributed by atoms with Gasteiger partial charge in [0.15, 0.2) is 0 Å². The van der Waals surface area contributed by atoms with Gasteiger partial charge in [-0.2, -0.15) is 0 Å². The van der Waals surface area contributed by atoms with Crippen molar-refractivity contribution in [3.63, 3.8) is 0 Å². The Morgan fingerprint density at radius 3 is 2.79 bits per heavy atom. The molecule has 2 N–H and O–H groups in total. The molecule has 0 aliphatic heterocycles. The van der Waals surface area contributed by atoms with Crippen LogP contribution in [-0.2, 0) is 17.6 Å². The molecule has 0 spiro atoms. The first-order chi connectivity index (χ1) is 11.7. The molecule has 3 rings (SSSR count). The number of hydrogen-bond acceptors (Lipinski definition) is 2. The van der Waals surface area contributed by atoms with Crippen LogP contribution in [0.4, 0.5) is 5.69 Å². The number of hydrogen-bond donors (Lipinski definition) is 2. The van der Waals surface area contributed by atoms with E-state index in [-0.39, 0.29) is 5.91 Å². The quantitative estimate of drug-likeness (QED) is 0.879. The number of carbonyl (C=O) groups is 1. The molecular formula is C21H24N2O. The van der Waals surface area contributed by atoms with Gasteiger partial charge >= 0.3 is 0 Å². The molecular weight excluding hydrogens is 296 g/mol. The molecule has 24 heavy (non-hydrogen) atoms. The predicted octanol–water partition coefficient (Wildman–Crippen LogP) is 3.81. The highest BCUT2D eigenvalue weighted by Crippen LogP contribution is 2.24. The van der Waals surface area contributed by atoms with Crippen molar-refractivity contribution in [2.45, 2.75) is 32.2 Å². The van der Waals surface area contributed by atoms with Gasteiger partial charge in [-0.25, -0.2) is 0 Å². The first kappa shape index (κ1) is 16.5. The highest BCUT2D eigenvalue weighted by Gasteiger charge is 2.18. The highest BCUT2D eigenvalue weighted by atomic mass is 16.1. The minimum absolute atomic E-state index is 0.0218. The minimum atomic E-state index is -0.0218. The zero-order chi connectivity index (χ0) is 16.8. The van der Waals surface area contributed by atoms with Crippen LogP contribution in [0.1, 0.15) is 30.0 Å². The molecule has 0 bridgehead atoms. The maximum Gasteiger partial charge on any atom is 0.221 e. The topological polar surface area (TPSA) is 41.1 Å². The molecule has 2 aromatic rings. The van der Waals surface area contributed by atoms with Crippen LogP contribution in [0.25, 0.3) is 6.08 Å². The summed E-state index contributed by atoms with van der Waals surface area (Å²) in [6, 6.07) is 17.1. The average Bonchev–Trinajstić information content (AvgIpc) is 2.59. The first-order valence-corrected chi connectivity index (χ1v) is 8.55. The number of carbonyl (C=O) groups excluding carboxylic acids is 1. The molecule has 0 radical (unpaired) electrons. The number of rotatable bonds is 5. The Morgan fingerprint density at radius 2 is 2.00 bits per heavy atom. The van der Waals surface area contributed by atoms with Crippen molar-refractivity contribution in [2.75, 3.05) is 11.9 Å². The summed E-state index contributed by atoms with van der Waals surface area (Å²) < 4.78 is 0. The Labute approximate surface area is 143 Å². The number of nitrogens with one attached hydrogen (secondary N) is 2. The van der Waals surface area contributed by atoms with Gasteiger partial charge in [0.1, 0.15) is 0 Å². The number of amides is 1. The summed E-state index contributed by atoms with van der Waals surface area (Å²) in [4.78, 5) is 11.2. The monoisotopic (exact) mass is 320 g/mol. The zero-order valence-corrected chi connectivity index (χ0v) is 14.1. The summed E-state index contributed by atoms with van der Waals surface area (Å²) in [6.07, 6.45) is 7.60. The van der Waals surface area contributed by atoms with E-state index in [0.717, 1.165) is 31.5 Å². The van der Waals surface area contributed by atoms with Crippen molar-refractivity contribution in [3.8, 4) is 0 Å². The summed E-state index contributed by atoms with van der Waals surface area (Å²) >= 11 is 0. The minimum Gasteiger partial charge on any atom is -0.326 e. The molecule has 1 amide bonds. The van der Waals surface area contributed by atoms with Gasteiger partial charge in [0.2, 0.25) is 5.91 Å². The van der Waals surface area contributed by atoms with Crippen LogP contribution in [0.2, 0.25) is 0 Å². The Hall–Kier alpha value is -2.39. The third kappa shape index (κ3) is 4.56. The van der Waals surface area contributed by atoms with Crippen LogP contribution in [0, 0.1) is 0 Å². The summed E-state index contributed by atoms with van der Waals surface area (Å²) in [6.45, 7) is 2.42. The van der Waals surface area contributed by atoms with Gasteiger partial charge in [-0.15, -0.1) is 0 Å². The van der Waals surface area contributed by atoms with E-state index < -0.39 is 0 Å². The number of fused-ring (bicyclic) bond motifs is 1. The smallest absolute Gasteiger partial charge is 0.221 e. The van der Waals surface area contributed by atoms with Crippen LogP contribution in [0.15, 0.2) is 54.6 Å². The maximum atomic E-state index is 11.2. The third-order valence-corrected chi connectivity index (χ3v) is 4.39. The van der Waals surface area contributed by atoms with Crippen molar-refractivity contribution in [1.29, 1.82) is 0 Å². The van der Waals surface area contributed by atoms with Crippen LogP contribution in [0.3, 0.4) is 0 Å². The Bertz CT molecular complexity index is 722. The molecule has 0 saturated heterocycles. The number of anilines is 1. The average molecular weight is 320 g/mol. The summed E-state index contributed by atoms with van der Waals surface area (Å²) in [5, 5.41) is 6.49. The molecule has 3 heteroatoms. The number of aryl methyl sites for hydroxylation is 1. The van der Waals surface area contributed by atoms with E-state index in [4.69, 9.17) is 0 Å². The molecule has 2 aromatic carbocycles. The Kier molecular flexibility index (Phi) is 5.44. The van der Waals surface area contributed by atoms with Crippen molar-refractivity contribution < 1.29 is 4.79 Å². The van der Waals surface area contributed by atoms with E-state index in [1.54, 1.807) is 6.92 Å². The van der Waals surface area contributed by atoms with Gasteiger partial charge in [0.25, 0.3) is 0 Å².